The second kappa shape index (κ2) is 9.06. The third kappa shape index (κ3) is 6.51. The molecule has 1 amide bonds. The molecule has 1 saturated heterocycles. The highest BCUT2D eigenvalue weighted by atomic mass is 19.4. The van der Waals surface area contributed by atoms with E-state index in [-0.39, 0.29) is 12.3 Å². The Morgan fingerprint density at radius 3 is 2.25 bits per heavy atom. The number of likely N-dealkylation sites (tertiary alicyclic amines) is 1. The lowest BCUT2D eigenvalue weighted by atomic mass is 10.1. The molecule has 6 heteroatoms. The van der Waals surface area contributed by atoms with Crippen molar-refractivity contribution in [2.24, 2.45) is 0 Å². The number of carbonyl (C=O) groups excluding carboxylic acids is 1. The Balaban J connectivity index is 1.66. The normalized spacial score (nSPS) is 16.6. The van der Waals surface area contributed by atoms with Crippen LogP contribution in [0.1, 0.15) is 43.2 Å². The zero-order valence-corrected chi connectivity index (χ0v) is 13.9. The smallest absolute Gasteiger partial charge is 0.356 e. The summed E-state index contributed by atoms with van der Waals surface area (Å²) in [5, 5.41) is 2.84. The molecule has 1 aromatic rings. The Hall–Kier alpha value is -1.56. The largest absolute Gasteiger partial charge is 0.416 e. The van der Waals surface area contributed by atoms with Crippen molar-refractivity contribution in [1.29, 1.82) is 0 Å². The molecule has 0 saturated carbocycles. The standard InChI is InChI=1S/C18H25F3N2O/c19-18(20,21)16-8-6-15(7-9-16)14-17(24)22-10-5-13-23-11-3-1-2-4-12-23/h6-9H,1-5,10-14H2,(H,22,24). The molecular weight excluding hydrogens is 317 g/mol. The first-order chi connectivity index (χ1) is 11.4. The van der Waals surface area contributed by atoms with Crippen LogP contribution in [0, 0.1) is 0 Å². The number of nitrogens with one attached hydrogen (secondary N) is 1. The van der Waals surface area contributed by atoms with Gasteiger partial charge in [-0.15, -0.1) is 0 Å². The number of amides is 1. The third-order valence-corrected chi connectivity index (χ3v) is 4.32. The van der Waals surface area contributed by atoms with Gasteiger partial charge in [0.1, 0.15) is 0 Å². The lowest BCUT2D eigenvalue weighted by Gasteiger charge is -2.19. The van der Waals surface area contributed by atoms with E-state index >= 15 is 0 Å². The molecule has 1 aliphatic heterocycles. The van der Waals surface area contributed by atoms with Crippen molar-refractivity contribution >= 4 is 5.91 Å². The Labute approximate surface area is 141 Å². The minimum absolute atomic E-state index is 0.113. The van der Waals surface area contributed by atoms with Gasteiger partial charge in [-0.25, -0.2) is 0 Å². The van der Waals surface area contributed by atoms with Crippen molar-refractivity contribution in [2.75, 3.05) is 26.2 Å². The number of rotatable bonds is 6. The molecule has 0 atom stereocenters. The molecule has 1 fully saturated rings. The average Bonchev–Trinajstić information content (AvgIpc) is 2.80. The zero-order chi connectivity index (χ0) is 17.4. The minimum Gasteiger partial charge on any atom is -0.356 e. The number of carbonyl (C=O) groups is 1. The molecule has 0 aromatic heterocycles. The summed E-state index contributed by atoms with van der Waals surface area (Å²) in [6, 6.07) is 4.75. The first-order valence-electron chi connectivity index (χ1n) is 8.60. The molecule has 24 heavy (non-hydrogen) atoms. The second-order valence-electron chi connectivity index (χ2n) is 6.33. The maximum Gasteiger partial charge on any atom is 0.416 e. The van der Waals surface area contributed by atoms with Crippen molar-refractivity contribution in [3.05, 3.63) is 35.4 Å². The van der Waals surface area contributed by atoms with Gasteiger partial charge in [-0.3, -0.25) is 4.79 Å². The summed E-state index contributed by atoms with van der Waals surface area (Å²) in [6.07, 6.45) is 1.79. The summed E-state index contributed by atoms with van der Waals surface area (Å²) in [5.74, 6) is -0.148. The van der Waals surface area contributed by atoms with Crippen LogP contribution in [0.3, 0.4) is 0 Å². The van der Waals surface area contributed by atoms with Crippen LogP contribution in [0.2, 0.25) is 0 Å². The summed E-state index contributed by atoms with van der Waals surface area (Å²) < 4.78 is 37.4. The Bertz CT molecular complexity index is 506. The van der Waals surface area contributed by atoms with E-state index in [0.29, 0.717) is 12.1 Å². The van der Waals surface area contributed by atoms with Gasteiger partial charge in [0, 0.05) is 6.54 Å². The van der Waals surface area contributed by atoms with Crippen LogP contribution < -0.4 is 5.32 Å². The Morgan fingerprint density at radius 1 is 1.04 bits per heavy atom. The predicted molar refractivity (Wildman–Crippen MR) is 87.7 cm³/mol. The van der Waals surface area contributed by atoms with Crippen molar-refractivity contribution < 1.29 is 18.0 Å². The first-order valence-corrected chi connectivity index (χ1v) is 8.60. The number of halogens is 3. The van der Waals surface area contributed by atoms with Crippen LogP contribution in [0.15, 0.2) is 24.3 Å². The Kier molecular flexibility index (Phi) is 7.09. The molecule has 0 radical (unpaired) electrons. The van der Waals surface area contributed by atoms with E-state index in [2.05, 4.69) is 10.2 Å². The molecule has 1 N–H and O–H groups in total. The number of hydrogen-bond donors (Lipinski definition) is 1. The highest BCUT2D eigenvalue weighted by molar-refractivity contribution is 5.78. The van der Waals surface area contributed by atoms with Gasteiger partial charge in [-0.05, 0) is 56.6 Å². The fraction of sp³-hybridized carbons (Fsp3) is 0.611. The molecule has 2 rings (SSSR count). The van der Waals surface area contributed by atoms with Crippen LogP contribution >= 0.6 is 0 Å². The van der Waals surface area contributed by atoms with E-state index in [1.54, 1.807) is 0 Å². The van der Waals surface area contributed by atoms with Crippen molar-refractivity contribution in [1.82, 2.24) is 10.2 Å². The lowest BCUT2D eigenvalue weighted by Crippen LogP contribution is -2.31. The maximum atomic E-state index is 12.5. The average molecular weight is 342 g/mol. The molecule has 1 aliphatic rings. The molecule has 134 valence electrons. The van der Waals surface area contributed by atoms with Crippen molar-refractivity contribution in [3.63, 3.8) is 0 Å². The van der Waals surface area contributed by atoms with Gasteiger partial charge >= 0.3 is 6.18 Å². The summed E-state index contributed by atoms with van der Waals surface area (Å²) in [5.41, 5.74) is -0.0999. The minimum atomic E-state index is -4.34. The van der Waals surface area contributed by atoms with Crippen LogP contribution in [-0.4, -0.2) is 37.0 Å². The lowest BCUT2D eigenvalue weighted by molar-refractivity contribution is -0.137. The van der Waals surface area contributed by atoms with E-state index in [1.807, 2.05) is 0 Å². The maximum absolute atomic E-state index is 12.5. The molecule has 1 heterocycles. The van der Waals surface area contributed by atoms with Crippen molar-refractivity contribution in [2.45, 2.75) is 44.7 Å². The molecule has 1 aromatic carbocycles. The van der Waals surface area contributed by atoms with Gasteiger partial charge in [0.25, 0.3) is 0 Å². The third-order valence-electron chi connectivity index (χ3n) is 4.32. The van der Waals surface area contributed by atoms with Crippen LogP contribution in [-0.2, 0) is 17.4 Å². The number of nitrogens with zero attached hydrogens (tertiary/aromatic N) is 1. The van der Waals surface area contributed by atoms with E-state index in [0.717, 1.165) is 38.2 Å². The van der Waals surface area contributed by atoms with Gasteiger partial charge in [-0.2, -0.15) is 13.2 Å². The highest BCUT2D eigenvalue weighted by Crippen LogP contribution is 2.29. The second-order valence-corrected chi connectivity index (χ2v) is 6.33. The van der Waals surface area contributed by atoms with Crippen LogP contribution in [0.25, 0.3) is 0 Å². The molecule has 0 unspecified atom stereocenters. The molecular formula is C18H25F3N2O. The van der Waals surface area contributed by atoms with Crippen molar-refractivity contribution in [3.8, 4) is 0 Å². The summed E-state index contributed by atoms with van der Waals surface area (Å²) in [7, 11) is 0. The topological polar surface area (TPSA) is 32.3 Å². The van der Waals surface area contributed by atoms with Gasteiger partial charge in [0.15, 0.2) is 0 Å². The summed E-state index contributed by atoms with van der Waals surface area (Å²) >= 11 is 0. The molecule has 0 aliphatic carbocycles. The highest BCUT2D eigenvalue weighted by Gasteiger charge is 2.29. The summed E-state index contributed by atoms with van der Waals surface area (Å²) in [6.45, 7) is 3.87. The monoisotopic (exact) mass is 342 g/mol. The van der Waals surface area contributed by atoms with Gasteiger partial charge in [-0.1, -0.05) is 25.0 Å². The SMILES string of the molecule is O=C(Cc1ccc(C(F)(F)F)cc1)NCCCN1CCCCCC1. The van der Waals surface area contributed by atoms with E-state index in [9.17, 15) is 18.0 Å². The summed E-state index contributed by atoms with van der Waals surface area (Å²) in [4.78, 5) is 14.3. The quantitative estimate of drug-likeness (QED) is 0.801. The molecule has 0 bridgehead atoms. The van der Waals surface area contributed by atoms with E-state index in [4.69, 9.17) is 0 Å². The van der Waals surface area contributed by atoms with E-state index < -0.39 is 11.7 Å². The zero-order valence-electron chi connectivity index (χ0n) is 13.9. The van der Waals surface area contributed by atoms with Gasteiger partial charge in [0.2, 0.25) is 5.91 Å². The first kappa shape index (κ1) is 18.8. The molecule has 3 nitrogen and oxygen atoms in total. The fourth-order valence-corrected chi connectivity index (χ4v) is 2.95. The van der Waals surface area contributed by atoms with Gasteiger partial charge in [0.05, 0.1) is 12.0 Å². The van der Waals surface area contributed by atoms with Crippen LogP contribution in [0.5, 0.6) is 0 Å². The molecule has 0 spiro atoms. The Morgan fingerprint density at radius 2 is 1.67 bits per heavy atom. The van der Waals surface area contributed by atoms with E-state index in [1.165, 1.54) is 37.8 Å². The number of alkyl halides is 3. The number of hydrogen-bond acceptors (Lipinski definition) is 2. The number of benzene rings is 1. The van der Waals surface area contributed by atoms with Gasteiger partial charge < -0.3 is 10.2 Å². The predicted octanol–water partition coefficient (Wildman–Crippen LogP) is 3.63. The fourth-order valence-electron chi connectivity index (χ4n) is 2.95. The van der Waals surface area contributed by atoms with Crippen LogP contribution in [0.4, 0.5) is 13.2 Å².